The number of hydrazone groups is 1. The molecule has 6 nitrogen and oxygen atoms in total. The first kappa shape index (κ1) is 15.4. The van der Waals surface area contributed by atoms with E-state index in [-0.39, 0.29) is 18.3 Å². The van der Waals surface area contributed by atoms with Crippen molar-refractivity contribution in [1.29, 1.82) is 0 Å². The van der Waals surface area contributed by atoms with Crippen molar-refractivity contribution >= 4 is 12.1 Å². The quantitative estimate of drug-likeness (QED) is 0.631. The van der Waals surface area contributed by atoms with Crippen LogP contribution in [0.15, 0.2) is 53.6 Å². The standard InChI is InChI=1S/C16H16N2O4/c1-21-14-5-7-15(8-6-14)22-11-16(20)18-17-10-12-3-2-4-13(19)9-12/h2-10,19H,11H2,1H3,(H,18,20). The second-order valence-corrected chi connectivity index (χ2v) is 4.35. The fraction of sp³-hybridized carbons (Fsp3) is 0.125. The lowest BCUT2D eigenvalue weighted by atomic mass is 10.2. The highest BCUT2D eigenvalue weighted by atomic mass is 16.5. The van der Waals surface area contributed by atoms with E-state index in [1.165, 1.54) is 12.3 Å². The molecule has 1 amide bonds. The Morgan fingerprint density at radius 3 is 2.64 bits per heavy atom. The summed E-state index contributed by atoms with van der Waals surface area (Å²) < 4.78 is 10.3. The predicted molar refractivity (Wildman–Crippen MR) is 82.3 cm³/mol. The molecular formula is C16H16N2O4. The van der Waals surface area contributed by atoms with E-state index >= 15 is 0 Å². The van der Waals surface area contributed by atoms with E-state index in [2.05, 4.69) is 10.5 Å². The van der Waals surface area contributed by atoms with Gasteiger partial charge in [-0.3, -0.25) is 4.79 Å². The average Bonchev–Trinajstić information content (AvgIpc) is 2.53. The number of hydrogen-bond acceptors (Lipinski definition) is 5. The molecule has 22 heavy (non-hydrogen) atoms. The van der Waals surface area contributed by atoms with E-state index in [1.807, 2.05) is 0 Å². The van der Waals surface area contributed by atoms with Gasteiger partial charge in [0.25, 0.3) is 5.91 Å². The zero-order valence-corrected chi connectivity index (χ0v) is 12.0. The van der Waals surface area contributed by atoms with Crippen molar-refractivity contribution in [3.8, 4) is 17.2 Å². The van der Waals surface area contributed by atoms with Gasteiger partial charge in [-0.15, -0.1) is 0 Å². The van der Waals surface area contributed by atoms with Crippen LogP contribution < -0.4 is 14.9 Å². The molecule has 2 rings (SSSR count). The zero-order chi connectivity index (χ0) is 15.8. The minimum absolute atomic E-state index is 0.137. The number of carbonyl (C=O) groups excluding carboxylic acids is 1. The van der Waals surface area contributed by atoms with Crippen LogP contribution in [0.5, 0.6) is 17.2 Å². The second-order valence-electron chi connectivity index (χ2n) is 4.35. The number of methoxy groups -OCH3 is 1. The van der Waals surface area contributed by atoms with Crippen molar-refractivity contribution in [1.82, 2.24) is 5.43 Å². The SMILES string of the molecule is COc1ccc(OCC(=O)NN=Cc2cccc(O)c2)cc1. The Hall–Kier alpha value is -3.02. The first-order valence-electron chi connectivity index (χ1n) is 6.55. The molecule has 0 aliphatic heterocycles. The van der Waals surface area contributed by atoms with E-state index in [0.717, 1.165) is 0 Å². The second kappa shape index (κ2) is 7.68. The molecule has 0 saturated carbocycles. The summed E-state index contributed by atoms with van der Waals surface area (Å²) in [6.45, 7) is -0.149. The lowest BCUT2D eigenvalue weighted by Gasteiger charge is -2.05. The maximum atomic E-state index is 11.6. The van der Waals surface area contributed by atoms with Gasteiger partial charge in [-0.2, -0.15) is 5.10 Å². The first-order chi connectivity index (χ1) is 10.7. The largest absolute Gasteiger partial charge is 0.508 e. The van der Waals surface area contributed by atoms with Crippen LogP contribution in [0.1, 0.15) is 5.56 Å². The third-order valence-corrected chi connectivity index (χ3v) is 2.70. The maximum absolute atomic E-state index is 11.6. The number of phenolic OH excluding ortho intramolecular Hbond substituents is 1. The molecule has 0 saturated heterocycles. The molecule has 0 radical (unpaired) electrons. The van der Waals surface area contributed by atoms with E-state index in [9.17, 15) is 9.90 Å². The molecule has 0 heterocycles. The summed E-state index contributed by atoms with van der Waals surface area (Å²) in [6, 6.07) is 13.4. The number of phenols is 1. The minimum Gasteiger partial charge on any atom is -0.508 e. The molecule has 0 aromatic heterocycles. The van der Waals surface area contributed by atoms with E-state index in [4.69, 9.17) is 9.47 Å². The highest BCUT2D eigenvalue weighted by molar-refractivity contribution is 5.83. The zero-order valence-electron chi connectivity index (χ0n) is 12.0. The summed E-state index contributed by atoms with van der Waals surface area (Å²) in [6.07, 6.45) is 1.44. The summed E-state index contributed by atoms with van der Waals surface area (Å²) in [4.78, 5) is 11.6. The summed E-state index contributed by atoms with van der Waals surface area (Å²) in [5.41, 5.74) is 3.02. The van der Waals surface area contributed by atoms with Gasteiger partial charge in [0.2, 0.25) is 0 Å². The summed E-state index contributed by atoms with van der Waals surface area (Å²) in [5, 5.41) is 13.1. The summed E-state index contributed by atoms with van der Waals surface area (Å²) >= 11 is 0. The van der Waals surface area contributed by atoms with Crippen LogP contribution in [-0.4, -0.2) is 30.9 Å². The number of rotatable bonds is 6. The Morgan fingerprint density at radius 1 is 1.23 bits per heavy atom. The Kier molecular flexibility index (Phi) is 5.37. The molecule has 6 heteroatoms. The van der Waals surface area contributed by atoms with Gasteiger partial charge in [0, 0.05) is 0 Å². The minimum atomic E-state index is -0.382. The van der Waals surface area contributed by atoms with E-state index in [1.54, 1.807) is 49.6 Å². The molecule has 2 aromatic carbocycles. The molecule has 0 unspecified atom stereocenters. The third-order valence-electron chi connectivity index (χ3n) is 2.70. The van der Waals surface area contributed by atoms with Crippen molar-refractivity contribution in [3.05, 3.63) is 54.1 Å². The first-order valence-corrected chi connectivity index (χ1v) is 6.55. The molecule has 0 aliphatic carbocycles. The van der Waals surface area contributed by atoms with Crippen LogP contribution in [0.3, 0.4) is 0 Å². The van der Waals surface area contributed by atoms with Crippen LogP contribution >= 0.6 is 0 Å². The smallest absolute Gasteiger partial charge is 0.277 e. The molecule has 0 spiro atoms. The van der Waals surface area contributed by atoms with Gasteiger partial charge < -0.3 is 14.6 Å². The maximum Gasteiger partial charge on any atom is 0.277 e. The number of ether oxygens (including phenoxy) is 2. The number of nitrogens with one attached hydrogen (secondary N) is 1. The van der Waals surface area contributed by atoms with E-state index in [0.29, 0.717) is 17.1 Å². The van der Waals surface area contributed by atoms with Crippen molar-refractivity contribution in [2.75, 3.05) is 13.7 Å². The normalized spacial score (nSPS) is 10.4. The molecule has 0 bridgehead atoms. The Bertz CT molecular complexity index is 653. The number of benzene rings is 2. The van der Waals surface area contributed by atoms with Crippen LogP contribution in [0.25, 0.3) is 0 Å². The predicted octanol–water partition coefficient (Wildman–Crippen LogP) is 1.93. The van der Waals surface area contributed by atoms with Crippen LogP contribution in [-0.2, 0) is 4.79 Å². The van der Waals surface area contributed by atoms with Crippen LogP contribution in [0.2, 0.25) is 0 Å². The van der Waals surface area contributed by atoms with E-state index < -0.39 is 0 Å². The number of amides is 1. The Balaban J connectivity index is 1.77. The van der Waals surface area contributed by atoms with Crippen molar-refractivity contribution in [2.24, 2.45) is 5.10 Å². The number of nitrogens with zero attached hydrogens (tertiary/aromatic N) is 1. The molecule has 2 aromatic rings. The number of carbonyl (C=O) groups is 1. The lowest BCUT2D eigenvalue weighted by Crippen LogP contribution is -2.24. The van der Waals surface area contributed by atoms with Crippen LogP contribution in [0.4, 0.5) is 0 Å². The van der Waals surface area contributed by atoms with Gasteiger partial charge in [0.05, 0.1) is 13.3 Å². The Morgan fingerprint density at radius 2 is 1.95 bits per heavy atom. The number of hydrogen-bond donors (Lipinski definition) is 2. The van der Waals surface area contributed by atoms with Gasteiger partial charge in [-0.05, 0) is 42.0 Å². The Labute approximate surface area is 128 Å². The topological polar surface area (TPSA) is 80.2 Å². The lowest BCUT2D eigenvalue weighted by molar-refractivity contribution is -0.123. The highest BCUT2D eigenvalue weighted by Gasteiger charge is 2.01. The molecule has 0 aliphatic rings. The molecule has 0 atom stereocenters. The summed E-state index contributed by atoms with van der Waals surface area (Å²) in [7, 11) is 1.58. The fourth-order valence-electron chi connectivity index (χ4n) is 1.64. The van der Waals surface area contributed by atoms with Crippen LogP contribution in [0, 0.1) is 0 Å². The van der Waals surface area contributed by atoms with Gasteiger partial charge in [-0.1, -0.05) is 12.1 Å². The molecule has 114 valence electrons. The van der Waals surface area contributed by atoms with Gasteiger partial charge >= 0.3 is 0 Å². The van der Waals surface area contributed by atoms with Crippen molar-refractivity contribution < 1.29 is 19.4 Å². The van der Waals surface area contributed by atoms with Crippen molar-refractivity contribution in [3.63, 3.8) is 0 Å². The van der Waals surface area contributed by atoms with Gasteiger partial charge in [0.15, 0.2) is 6.61 Å². The van der Waals surface area contributed by atoms with Crippen molar-refractivity contribution in [2.45, 2.75) is 0 Å². The highest BCUT2D eigenvalue weighted by Crippen LogP contribution is 2.16. The van der Waals surface area contributed by atoms with Gasteiger partial charge in [-0.25, -0.2) is 5.43 Å². The fourth-order valence-corrected chi connectivity index (χ4v) is 1.64. The molecule has 2 N–H and O–H groups in total. The molecule has 0 fully saturated rings. The monoisotopic (exact) mass is 300 g/mol. The number of aromatic hydroxyl groups is 1. The summed E-state index contributed by atoms with van der Waals surface area (Å²) in [5.74, 6) is 1.03. The average molecular weight is 300 g/mol. The molecular weight excluding hydrogens is 284 g/mol. The van der Waals surface area contributed by atoms with Gasteiger partial charge in [0.1, 0.15) is 17.2 Å². The third kappa shape index (κ3) is 4.82.